The topological polar surface area (TPSA) is 41.5 Å². The fourth-order valence-electron chi connectivity index (χ4n) is 1.92. The molecule has 3 nitrogen and oxygen atoms in total. The van der Waals surface area contributed by atoms with Gasteiger partial charge < -0.3 is 15.2 Å². The van der Waals surface area contributed by atoms with Crippen molar-refractivity contribution in [3.05, 3.63) is 29.3 Å². The molecule has 0 aliphatic heterocycles. The molecule has 0 saturated heterocycles. The molecule has 0 unspecified atom stereocenters. The first-order valence-electron chi connectivity index (χ1n) is 7.47. The molecule has 0 aliphatic carbocycles. The van der Waals surface area contributed by atoms with Gasteiger partial charge in [-0.15, -0.1) is 0 Å². The number of aliphatic hydroxyl groups excluding tert-OH is 1. The van der Waals surface area contributed by atoms with Crippen LogP contribution in [-0.2, 0) is 6.54 Å². The summed E-state index contributed by atoms with van der Waals surface area (Å²) in [7, 11) is 0. The lowest BCUT2D eigenvalue weighted by Gasteiger charge is -2.11. The normalized spacial score (nSPS) is 11.1. The van der Waals surface area contributed by atoms with Crippen molar-refractivity contribution in [3.63, 3.8) is 0 Å². The zero-order chi connectivity index (χ0) is 15.7. The number of nitrogens with one attached hydrogen (secondary N) is 1. The lowest BCUT2D eigenvalue weighted by atomic mass is 10.1. The molecule has 120 valence electrons. The Morgan fingerprint density at radius 3 is 2.38 bits per heavy atom. The number of rotatable bonds is 10. The average Bonchev–Trinajstić information content (AvgIpc) is 2.40. The Kier molecular flexibility index (Phi) is 8.23. The second-order valence-electron chi connectivity index (χ2n) is 5.55. The number of ether oxygens (including phenoxy) is 1. The summed E-state index contributed by atoms with van der Waals surface area (Å²) >= 11 is 0. The number of hydrogen-bond acceptors (Lipinski definition) is 3. The van der Waals surface area contributed by atoms with Crippen LogP contribution < -0.4 is 10.1 Å². The van der Waals surface area contributed by atoms with Crippen molar-refractivity contribution in [1.29, 1.82) is 0 Å². The van der Waals surface area contributed by atoms with Gasteiger partial charge in [0.25, 0.3) is 0 Å². The average molecular weight is 301 g/mol. The smallest absolute Gasteiger partial charge is 0.190 e. The van der Waals surface area contributed by atoms with Crippen LogP contribution in [0.3, 0.4) is 0 Å². The summed E-state index contributed by atoms with van der Waals surface area (Å²) in [5.74, 6) is -1.16. The summed E-state index contributed by atoms with van der Waals surface area (Å²) in [6, 6.07) is 2.61. The highest BCUT2D eigenvalue weighted by Crippen LogP contribution is 2.23. The molecule has 0 amide bonds. The second kappa shape index (κ2) is 9.68. The van der Waals surface area contributed by atoms with E-state index in [4.69, 9.17) is 9.84 Å². The fraction of sp³-hybridized carbons (Fsp3) is 0.625. The maximum atomic E-state index is 13.8. The summed E-state index contributed by atoms with van der Waals surface area (Å²) < 4.78 is 32.8. The monoisotopic (exact) mass is 301 g/mol. The van der Waals surface area contributed by atoms with Crippen LogP contribution in [0.25, 0.3) is 0 Å². The van der Waals surface area contributed by atoms with E-state index >= 15 is 0 Å². The van der Waals surface area contributed by atoms with Gasteiger partial charge in [-0.1, -0.05) is 13.8 Å². The molecular weight excluding hydrogens is 276 g/mol. The minimum atomic E-state index is -0.668. The van der Waals surface area contributed by atoms with Gasteiger partial charge in [-0.25, -0.2) is 8.78 Å². The third kappa shape index (κ3) is 6.87. The number of halogens is 2. The van der Waals surface area contributed by atoms with Gasteiger partial charge in [0, 0.05) is 13.2 Å². The lowest BCUT2D eigenvalue weighted by Crippen LogP contribution is -2.19. The molecule has 0 bridgehead atoms. The quantitative estimate of drug-likeness (QED) is 0.652. The van der Waals surface area contributed by atoms with Crippen molar-refractivity contribution in [2.75, 3.05) is 19.8 Å². The minimum Gasteiger partial charge on any atom is -0.488 e. The maximum Gasteiger partial charge on any atom is 0.190 e. The van der Waals surface area contributed by atoms with E-state index in [0.29, 0.717) is 30.9 Å². The Hall–Kier alpha value is -1.20. The SMILES string of the molecule is CC(C)CNCc1cc(F)c(OCCCCCO)c(F)c1. The van der Waals surface area contributed by atoms with E-state index < -0.39 is 11.6 Å². The van der Waals surface area contributed by atoms with Gasteiger partial charge in [0.1, 0.15) is 0 Å². The van der Waals surface area contributed by atoms with Crippen LogP contribution in [0.5, 0.6) is 5.75 Å². The van der Waals surface area contributed by atoms with Crippen LogP contribution in [0.1, 0.15) is 38.7 Å². The fourth-order valence-corrected chi connectivity index (χ4v) is 1.92. The van der Waals surface area contributed by atoms with Crippen molar-refractivity contribution in [2.45, 2.75) is 39.7 Å². The molecule has 1 rings (SSSR count). The third-order valence-corrected chi connectivity index (χ3v) is 2.99. The van der Waals surface area contributed by atoms with Crippen LogP contribution in [0.4, 0.5) is 8.78 Å². The molecule has 0 heterocycles. The zero-order valence-electron chi connectivity index (χ0n) is 12.8. The van der Waals surface area contributed by atoms with Crippen molar-refractivity contribution in [1.82, 2.24) is 5.32 Å². The highest BCUT2D eigenvalue weighted by molar-refractivity contribution is 5.31. The van der Waals surface area contributed by atoms with E-state index in [1.54, 1.807) is 0 Å². The van der Waals surface area contributed by atoms with Crippen LogP contribution in [0.15, 0.2) is 12.1 Å². The maximum absolute atomic E-state index is 13.8. The van der Waals surface area contributed by atoms with E-state index in [1.165, 1.54) is 12.1 Å². The zero-order valence-corrected chi connectivity index (χ0v) is 12.8. The second-order valence-corrected chi connectivity index (χ2v) is 5.55. The molecule has 0 fully saturated rings. The molecule has 0 aliphatic rings. The van der Waals surface area contributed by atoms with Crippen molar-refractivity contribution in [3.8, 4) is 5.75 Å². The van der Waals surface area contributed by atoms with Crippen LogP contribution >= 0.6 is 0 Å². The van der Waals surface area contributed by atoms with E-state index in [1.807, 2.05) is 0 Å². The molecule has 5 heteroatoms. The summed E-state index contributed by atoms with van der Waals surface area (Å²) in [6.45, 7) is 5.75. The van der Waals surface area contributed by atoms with Gasteiger partial charge in [-0.3, -0.25) is 0 Å². The summed E-state index contributed by atoms with van der Waals surface area (Å²) in [5.41, 5.74) is 0.568. The Bertz CT molecular complexity index is 402. The van der Waals surface area contributed by atoms with E-state index in [9.17, 15) is 8.78 Å². The van der Waals surface area contributed by atoms with Gasteiger partial charge in [0.15, 0.2) is 17.4 Å². The molecule has 21 heavy (non-hydrogen) atoms. The van der Waals surface area contributed by atoms with E-state index in [0.717, 1.165) is 13.0 Å². The van der Waals surface area contributed by atoms with Crippen LogP contribution in [0.2, 0.25) is 0 Å². The standard InChI is InChI=1S/C16H25F2NO2/c1-12(2)10-19-11-13-8-14(17)16(15(18)9-13)21-7-5-3-4-6-20/h8-9,12,19-20H,3-7,10-11H2,1-2H3. The summed E-state index contributed by atoms with van der Waals surface area (Å²) in [4.78, 5) is 0. The molecule has 2 N–H and O–H groups in total. The number of unbranched alkanes of at least 4 members (excludes halogenated alkanes) is 2. The van der Waals surface area contributed by atoms with Gasteiger partial charge in [-0.2, -0.15) is 0 Å². The predicted octanol–water partition coefficient (Wildman–Crippen LogP) is 3.25. The molecule has 0 spiro atoms. The minimum absolute atomic E-state index is 0.126. The van der Waals surface area contributed by atoms with Gasteiger partial charge in [0.05, 0.1) is 6.61 Å². The number of hydrogen-bond donors (Lipinski definition) is 2. The Morgan fingerprint density at radius 1 is 1.14 bits per heavy atom. The predicted molar refractivity (Wildman–Crippen MR) is 79.3 cm³/mol. The Morgan fingerprint density at radius 2 is 1.81 bits per heavy atom. The first-order chi connectivity index (χ1) is 10.0. The number of aliphatic hydroxyl groups is 1. The largest absolute Gasteiger partial charge is 0.488 e. The van der Waals surface area contributed by atoms with Gasteiger partial charge in [-0.05, 0) is 49.4 Å². The molecule has 1 aromatic carbocycles. The first-order valence-corrected chi connectivity index (χ1v) is 7.47. The van der Waals surface area contributed by atoms with Crippen molar-refractivity contribution < 1.29 is 18.6 Å². The van der Waals surface area contributed by atoms with Crippen LogP contribution in [0, 0.1) is 17.6 Å². The Balaban J connectivity index is 2.50. The van der Waals surface area contributed by atoms with Crippen molar-refractivity contribution >= 4 is 0 Å². The molecular formula is C16H25F2NO2. The summed E-state index contributed by atoms with van der Waals surface area (Å²) in [5, 5.41) is 11.8. The highest BCUT2D eigenvalue weighted by atomic mass is 19.1. The summed E-state index contributed by atoms with van der Waals surface area (Å²) in [6.07, 6.45) is 2.11. The van der Waals surface area contributed by atoms with Crippen molar-refractivity contribution in [2.24, 2.45) is 5.92 Å². The highest BCUT2D eigenvalue weighted by Gasteiger charge is 2.12. The lowest BCUT2D eigenvalue weighted by molar-refractivity contribution is 0.255. The molecule has 0 saturated carbocycles. The molecule has 1 aromatic rings. The molecule has 0 radical (unpaired) electrons. The van der Waals surface area contributed by atoms with Gasteiger partial charge in [0.2, 0.25) is 0 Å². The third-order valence-electron chi connectivity index (χ3n) is 2.99. The van der Waals surface area contributed by atoms with Gasteiger partial charge >= 0.3 is 0 Å². The number of benzene rings is 1. The molecule has 0 atom stereocenters. The van der Waals surface area contributed by atoms with E-state index in [2.05, 4.69) is 19.2 Å². The van der Waals surface area contributed by atoms with Crippen LogP contribution in [-0.4, -0.2) is 24.9 Å². The first kappa shape index (κ1) is 17.9. The molecule has 0 aromatic heterocycles. The Labute approximate surface area is 125 Å². The van der Waals surface area contributed by atoms with E-state index in [-0.39, 0.29) is 19.0 Å².